The van der Waals surface area contributed by atoms with Crippen LogP contribution in [0, 0.1) is 0 Å². The topological polar surface area (TPSA) is 92.6 Å². The number of anilines is 4. The molecular formula is C20H22N6O2. The molecule has 144 valence electrons. The quantitative estimate of drug-likeness (QED) is 0.646. The highest BCUT2D eigenvalue weighted by Gasteiger charge is 2.38. The maximum absolute atomic E-state index is 12.1. The minimum Gasteiger partial charge on any atom is -0.379 e. The van der Waals surface area contributed by atoms with Crippen LogP contribution in [0.3, 0.4) is 0 Å². The summed E-state index contributed by atoms with van der Waals surface area (Å²) in [6, 6.07) is 12.0. The Morgan fingerprint density at radius 3 is 3.00 bits per heavy atom. The fourth-order valence-electron chi connectivity index (χ4n) is 3.73. The number of carbonyl (C=O) groups is 1. The molecule has 3 N–H and O–H groups in total. The van der Waals surface area contributed by atoms with Gasteiger partial charge in [-0.1, -0.05) is 12.1 Å². The first kappa shape index (κ1) is 17.0. The number of ether oxygens (including phenoxy) is 1. The zero-order valence-electron chi connectivity index (χ0n) is 15.8. The molecule has 4 heterocycles. The monoisotopic (exact) mass is 378 g/mol. The van der Waals surface area contributed by atoms with Crippen molar-refractivity contribution in [3.05, 3.63) is 42.0 Å². The van der Waals surface area contributed by atoms with Crippen molar-refractivity contribution in [1.82, 2.24) is 14.6 Å². The molecule has 8 heteroatoms. The van der Waals surface area contributed by atoms with Gasteiger partial charge in [0.25, 0.3) is 0 Å². The van der Waals surface area contributed by atoms with Gasteiger partial charge in [0.2, 0.25) is 11.9 Å². The molecule has 0 aliphatic carbocycles. The third-order valence-corrected chi connectivity index (χ3v) is 5.41. The summed E-state index contributed by atoms with van der Waals surface area (Å²) >= 11 is 0. The summed E-state index contributed by atoms with van der Waals surface area (Å²) in [4.78, 5) is 16.7. The third kappa shape index (κ3) is 2.77. The largest absolute Gasteiger partial charge is 0.379 e. The van der Waals surface area contributed by atoms with Crippen LogP contribution in [0.1, 0.15) is 25.8 Å². The molecular weight excluding hydrogens is 356 g/mol. The number of hydrogen-bond donors (Lipinski definition) is 3. The van der Waals surface area contributed by atoms with Gasteiger partial charge in [0.15, 0.2) is 5.65 Å². The van der Waals surface area contributed by atoms with E-state index in [1.807, 2.05) is 50.2 Å². The van der Waals surface area contributed by atoms with E-state index < -0.39 is 5.41 Å². The molecule has 1 atom stereocenters. The van der Waals surface area contributed by atoms with Crippen molar-refractivity contribution in [2.24, 2.45) is 0 Å². The zero-order chi connectivity index (χ0) is 19.3. The van der Waals surface area contributed by atoms with Crippen LogP contribution in [0.2, 0.25) is 0 Å². The average Bonchev–Trinajstić information content (AvgIpc) is 3.35. The fraction of sp³-hybridized carbons (Fsp3) is 0.350. The van der Waals surface area contributed by atoms with Crippen LogP contribution in [0.4, 0.5) is 23.1 Å². The van der Waals surface area contributed by atoms with Crippen LogP contribution >= 0.6 is 0 Å². The van der Waals surface area contributed by atoms with Crippen LogP contribution in [-0.4, -0.2) is 39.8 Å². The normalized spacial score (nSPS) is 20.2. The maximum Gasteiger partial charge on any atom is 0.247 e. The number of amides is 1. The highest BCUT2D eigenvalue weighted by atomic mass is 16.5. The zero-order valence-corrected chi connectivity index (χ0v) is 15.8. The number of nitrogens with zero attached hydrogens (tertiary/aromatic N) is 3. The van der Waals surface area contributed by atoms with E-state index in [0.29, 0.717) is 12.6 Å². The Morgan fingerprint density at radius 2 is 2.18 bits per heavy atom. The van der Waals surface area contributed by atoms with Gasteiger partial charge < -0.3 is 20.7 Å². The van der Waals surface area contributed by atoms with E-state index in [1.54, 1.807) is 4.52 Å². The molecule has 0 bridgehead atoms. The second-order valence-electron chi connectivity index (χ2n) is 7.79. The van der Waals surface area contributed by atoms with Crippen molar-refractivity contribution >= 4 is 34.7 Å². The molecule has 2 aliphatic rings. The molecule has 1 fully saturated rings. The number of nitrogens with one attached hydrogen (secondary N) is 3. The van der Waals surface area contributed by atoms with E-state index in [0.717, 1.165) is 41.4 Å². The van der Waals surface area contributed by atoms with Crippen molar-refractivity contribution in [3.8, 4) is 0 Å². The van der Waals surface area contributed by atoms with Gasteiger partial charge >= 0.3 is 0 Å². The summed E-state index contributed by atoms with van der Waals surface area (Å²) < 4.78 is 7.22. The van der Waals surface area contributed by atoms with Crippen LogP contribution in [-0.2, 0) is 14.9 Å². The summed E-state index contributed by atoms with van der Waals surface area (Å²) in [5.74, 6) is 1.40. The number of hydrogen-bond acceptors (Lipinski definition) is 6. The SMILES string of the molecule is CC1(C)C(=O)Nc2cc(Nc3nc4cccc(NC5CCOC5)n4n3)ccc21. The molecule has 1 aromatic carbocycles. The summed E-state index contributed by atoms with van der Waals surface area (Å²) in [7, 11) is 0. The first-order valence-corrected chi connectivity index (χ1v) is 9.44. The molecule has 28 heavy (non-hydrogen) atoms. The lowest BCUT2D eigenvalue weighted by Crippen LogP contribution is -2.26. The Kier molecular flexibility index (Phi) is 3.77. The number of fused-ring (bicyclic) bond motifs is 2. The van der Waals surface area contributed by atoms with Gasteiger partial charge in [0.1, 0.15) is 5.82 Å². The predicted octanol–water partition coefficient (Wildman–Crippen LogP) is 2.90. The Morgan fingerprint density at radius 1 is 1.29 bits per heavy atom. The van der Waals surface area contributed by atoms with E-state index in [-0.39, 0.29) is 11.9 Å². The molecule has 0 saturated carbocycles. The van der Waals surface area contributed by atoms with Crippen molar-refractivity contribution < 1.29 is 9.53 Å². The maximum atomic E-state index is 12.1. The molecule has 0 spiro atoms. The van der Waals surface area contributed by atoms with Crippen LogP contribution in [0.15, 0.2) is 36.4 Å². The molecule has 3 aromatic rings. The lowest BCUT2D eigenvalue weighted by molar-refractivity contribution is -0.119. The molecule has 1 saturated heterocycles. The van der Waals surface area contributed by atoms with Crippen molar-refractivity contribution in [2.75, 3.05) is 29.2 Å². The summed E-state index contributed by atoms with van der Waals surface area (Å²) in [5.41, 5.74) is 2.89. The van der Waals surface area contributed by atoms with Gasteiger partial charge in [0.05, 0.1) is 18.1 Å². The number of rotatable bonds is 4. The van der Waals surface area contributed by atoms with Gasteiger partial charge in [-0.15, -0.1) is 5.10 Å². The van der Waals surface area contributed by atoms with E-state index >= 15 is 0 Å². The van der Waals surface area contributed by atoms with Crippen molar-refractivity contribution in [2.45, 2.75) is 31.7 Å². The lowest BCUT2D eigenvalue weighted by Gasteiger charge is -2.15. The second-order valence-corrected chi connectivity index (χ2v) is 7.79. The number of pyridine rings is 1. The Labute approximate surface area is 162 Å². The highest BCUT2D eigenvalue weighted by molar-refractivity contribution is 6.06. The Hall–Kier alpha value is -3.13. The summed E-state index contributed by atoms with van der Waals surface area (Å²) in [6.45, 7) is 5.33. The lowest BCUT2D eigenvalue weighted by atomic mass is 9.86. The third-order valence-electron chi connectivity index (χ3n) is 5.41. The number of aromatic nitrogens is 3. The minimum absolute atomic E-state index is 0.0112. The van der Waals surface area contributed by atoms with Crippen LogP contribution < -0.4 is 16.0 Å². The van der Waals surface area contributed by atoms with Crippen LogP contribution in [0.25, 0.3) is 5.65 Å². The van der Waals surface area contributed by atoms with E-state index in [4.69, 9.17) is 4.74 Å². The van der Waals surface area contributed by atoms with Gasteiger partial charge in [-0.3, -0.25) is 4.79 Å². The Bertz CT molecular complexity index is 1070. The molecule has 5 rings (SSSR count). The summed E-state index contributed by atoms with van der Waals surface area (Å²) in [6.07, 6.45) is 0.980. The minimum atomic E-state index is -0.514. The summed E-state index contributed by atoms with van der Waals surface area (Å²) in [5, 5.41) is 14.2. The first-order valence-electron chi connectivity index (χ1n) is 9.44. The number of benzene rings is 1. The van der Waals surface area contributed by atoms with Crippen LogP contribution in [0.5, 0.6) is 0 Å². The standard InChI is InChI=1S/C20H22N6O2/c1-20(2)14-7-6-12(10-15(14)23-18(20)27)22-19-24-17-5-3-4-16(26(17)25-19)21-13-8-9-28-11-13/h3-7,10,13,21H,8-9,11H2,1-2H3,(H,22,25)(H,23,27). The van der Waals surface area contributed by atoms with Crippen molar-refractivity contribution in [1.29, 1.82) is 0 Å². The van der Waals surface area contributed by atoms with E-state index in [9.17, 15) is 4.79 Å². The molecule has 2 aliphatic heterocycles. The second kappa shape index (κ2) is 6.20. The molecule has 2 aromatic heterocycles. The average molecular weight is 378 g/mol. The van der Waals surface area contributed by atoms with Gasteiger partial charge in [0, 0.05) is 18.0 Å². The molecule has 1 unspecified atom stereocenters. The van der Waals surface area contributed by atoms with Gasteiger partial charge in [-0.25, -0.2) is 0 Å². The van der Waals surface area contributed by atoms with E-state index in [2.05, 4.69) is 26.0 Å². The van der Waals surface area contributed by atoms with Gasteiger partial charge in [-0.2, -0.15) is 9.50 Å². The predicted molar refractivity (Wildman–Crippen MR) is 107 cm³/mol. The fourth-order valence-corrected chi connectivity index (χ4v) is 3.73. The van der Waals surface area contributed by atoms with Crippen molar-refractivity contribution in [3.63, 3.8) is 0 Å². The van der Waals surface area contributed by atoms with Gasteiger partial charge in [-0.05, 0) is 50.1 Å². The molecule has 1 amide bonds. The smallest absolute Gasteiger partial charge is 0.247 e. The Balaban J connectivity index is 1.42. The molecule has 8 nitrogen and oxygen atoms in total. The first-order chi connectivity index (χ1) is 13.5. The number of carbonyl (C=O) groups excluding carboxylic acids is 1. The van der Waals surface area contributed by atoms with E-state index in [1.165, 1.54) is 0 Å². The molecule has 0 radical (unpaired) electrons. The highest BCUT2D eigenvalue weighted by Crippen LogP contribution is 2.38.